The average molecular weight is 288 g/mol. The zero-order valence-corrected chi connectivity index (χ0v) is 13.6. The zero-order chi connectivity index (χ0) is 16.2. The Bertz CT molecular complexity index is 561. The summed E-state index contributed by atoms with van der Waals surface area (Å²) in [6, 6.07) is 7.71. The van der Waals surface area contributed by atoms with Crippen LogP contribution in [0.4, 0.5) is 5.69 Å². The number of aliphatic hydroxyl groups is 1. The van der Waals surface area contributed by atoms with E-state index in [1.165, 1.54) is 0 Å². The van der Waals surface area contributed by atoms with Gasteiger partial charge in [0.2, 0.25) is 0 Å². The van der Waals surface area contributed by atoms with E-state index in [4.69, 9.17) is 0 Å². The molecule has 0 saturated carbocycles. The minimum absolute atomic E-state index is 0.137. The lowest BCUT2D eigenvalue weighted by Gasteiger charge is -2.20. The van der Waals surface area contributed by atoms with Crippen LogP contribution in [0.3, 0.4) is 0 Å². The molecule has 0 amide bonds. The summed E-state index contributed by atoms with van der Waals surface area (Å²) in [5.74, 6) is -0.137. The van der Waals surface area contributed by atoms with Crippen molar-refractivity contribution in [3.63, 3.8) is 0 Å². The van der Waals surface area contributed by atoms with Gasteiger partial charge in [-0.25, -0.2) is 0 Å². The van der Waals surface area contributed by atoms with Crippen LogP contribution in [0.25, 0.3) is 0 Å². The molecule has 0 fully saturated rings. The van der Waals surface area contributed by atoms with Gasteiger partial charge in [-0.05, 0) is 12.1 Å². The van der Waals surface area contributed by atoms with Crippen molar-refractivity contribution in [1.29, 1.82) is 0 Å². The predicted octanol–water partition coefficient (Wildman–Crippen LogP) is 3.23. The van der Waals surface area contributed by atoms with Gasteiger partial charge in [-0.1, -0.05) is 32.9 Å². The number of carbonyl (C=O) groups is 1. The predicted molar refractivity (Wildman–Crippen MR) is 88.4 cm³/mol. The molecule has 1 rings (SSSR count). The fourth-order valence-electron chi connectivity index (χ4n) is 1.95. The number of rotatable bonds is 4. The number of Topliss-reactive ketones (excluding diaryl/α,β-unsaturated/α-hetero) is 1. The normalized spacial score (nSPS) is 13.2. The quantitative estimate of drug-likeness (QED) is 0.526. The number of allylic oxidation sites excluding steroid dienone is 1. The van der Waals surface area contributed by atoms with Gasteiger partial charge >= 0.3 is 0 Å². The molecule has 0 aliphatic rings. The molecule has 4 heteroatoms. The maximum atomic E-state index is 12.4. The zero-order valence-electron chi connectivity index (χ0n) is 13.6. The molecular weight excluding hydrogens is 264 g/mol. The number of hydrogen-bond acceptors (Lipinski definition) is 4. The molecule has 0 aromatic heterocycles. The molecule has 1 aromatic carbocycles. The summed E-state index contributed by atoms with van der Waals surface area (Å²) in [7, 11) is 5.55. The van der Waals surface area contributed by atoms with Crippen molar-refractivity contribution < 1.29 is 9.90 Å². The molecule has 0 bridgehead atoms. The van der Waals surface area contributed by atoms with E-state index in [-0.39, 0.29) is 11.4 Å². The molecule has 0 heterocycles. The van der Waals surface area contributed by atoms with Crippen molar-refractivity contribution in [2.45, 2.75) is 20.8 Å². The molecule has 1 N–H and O–H groups in total. The van der Waals surface area contributed by atoms with Gasteiger partial charge in [0, 0.05) is 37.8 Å². The second-order valence-corrected chi connectivity index (χ2v) is 6.14. The average Bonchev–Trinajstić information content (AvgIpc) is 2.43. The number of aliphatic hydroxyl groups excluding tert-OH is 1. The molecule has 1 aromatic rings. The number of ketones is 1. The molecule has 0 saturated heterocycles. The summed E-state index contributed by atoms with van der Waals surface area (Å²) in [4.78, 5) is 18.6. The number of hydrogen-bond donors (Lipinski definition) is 1. The van der Waals surface area contributed by atoms with Crippen LogP contribution in [0.1, 0.15) is 26.3 Å². The van der Waals surface area contributed by atoms with Crippen LogP contribution in [0.15, 0.2) is 41.1 Å². The molecule has 0 unspecified atom stereocenters. The Labute approximate surface area is 126 Å². The first kappa shape index (κ1) is 17.0. The second-order valence-electron chi connectivity index (χ2n) is 6.14. The Morgan fingerprint density at radius 2 is 1.71 bits per heavy atom. The SMILES string of the molecule is CN=C(/C(=C/O)C(=O)C(C)(C)C)c1ccc(N(C)C)cc1. The van der Waals surface area contributed by atoms with Crippen LogP contribution < -0.4 is 4.90 Å². The monoisotopic (exact) mass is 288 g/mol. The Morgan fingerprint density at radius 1 is 1.19 bits per heavy atom. The van der Waals surface area contributed by atoms with Crippen molar-refractivity contribution in [2.24, 2.45) is 10.4 Å². The molecular formula is C17H24N2O2. The number of anilines is 1. The van der Waals surface area contributed by atoms with Gasteiger partial charge < -0.3 is 10.0 Å². The largest absolute Gasteiger partial charge is 0.515 e. The fourth-order valence-corrected chi connectivity index (χ4v) is 1.95. The van der Waals surface area contributed by atoms with E-state index in [1.807, 2.05) is 64.0 Å². The van der Waals surface area contributed by atoms with Crippen LogP contribution in [0, 0.1) is 5.41 Å². The first-order valence-electron chi connectivity index (χ1n) is 6.86. The van der Waals surface area contributed by atoms with Crippen LogP contribution in [0.5, 0.6) is 0 Å². The van der Waals surface area contributed by atoms with E-state index in [1.54, 1.807) is 7.05 Å². The van der Waals surface area contributed by atoms with Crippen molar-refractivity contribution >= 4 is 17.2 Å². The minimum Gasteiger partial charge on any atom is -0.515 e. The Balaban J connectivity index is 3.21. The van der Waals surface area contributed by atoms with E-state index in [2.05, 4.69) is 4.99 Å². The Hall–Kier alpha value is -2.10. The summed E-state index contributed by atoms with van der Waals surface area (Å²) >= 11 is 0. The molecule has 0 aliphatic carbocycles. The van der Waals surface area contributed by atoms with Crippen LogP contribution in [-0.2, 0) is 4.79 Å². The van der Waals surface area contributed by atoms with Gasteiger partial charge in [0.1, 0.15) is 0 Å². The van der Waals surface area contributed by atoms with Crippen molar-refractivity contribution in [2.75, 3.05) is 26.0 Å². The standard InChI is InChI=1S/C17H24N2O2/c1-17(2,3)16(21)14(11-20)15(18-4)12-7-9-13(10-8-12)19(5)6/h7-11,20H,1-6H3/b14-11-,18-15?. The maximum absolute atomic E-state index is 12.4. The molecule has 0 aliphatic heterocycles. The topological polar surface area (TPSA) is 52.9 Å². The van der Waals surface area contributed by atoms with Gasteiger partial charge in [-0.2, -0.15) is 0 Å². The smallest absolute Gasteiger partial charge is 0.173 e. The Kier molecular flexibility index (Phi) is 5.30. The number of nitrogens with zero attached hydrogens (tertiary/aromatic N) is 2. The van der Waals surface area contributed by atoms with Crippen molar-refractivity contribution in [3.05, 3.63) is 41.7 Å². The lowest BCUT2D eigenvalue weighted by atomic mass is 9.83. The highest BCUT2D eigenvalue weighted by Crippen LogP contribution is 2.23. The first-order chi connectivity index (χ1) is 9.72. The maximum Gasteiger partial charge on any atom is 0.173 e. The molecule has 4 nitrogen and oxygen atoms in total. The van der Waals surface area contributed by atoms with E-state index in [0.29, 0.717) is 5.71 Å². The van der Waals surface area contributed by atoms with E-state index in [9.17, 15) is 9.90 Å². The number of carbonyl (C=O) groups excluding carboxylic acids is 1. The van der Waals surface area contributed by atoms with Gasteiger partial charge in [0.15, 0.2) is 5.78 Å². The lowest BCUT2D eigenvalue weighted by molar-refractivity contribution is -0.122. The summed E-state index contributed by atoms with van der Waals surface area (Å²) in [5.41, 5.74) is 2.03. The lowest BCUT2D eigenvalue weighted by Crippen LogP contribution is -2.26. The van der Waals surface area contributed by atoms with Crippen LogP contribution in [0.2, 0.25) is 0 Å². The summed E-state index contributed by atoms with van der Waals surface area (Å²) in [6.45, 7) is 5.46. The van der Waals surface area contributed by atoms with Crippen molar-refractivity contribution in [1.82, 2.24) is 0 Å². The van der Waals surface area contributed by atoms with Gasteiger partial charge in [-0.3, -0.25) is 9.79 Å². The van der Waals surface area contributed by atoms with Gasteiger partial charge in [0.25, 0.3) is 0 Å². The van der Waals surface area contributed by atoms with Crippen LogP contribution >= 0.6 is 0 Å². The van der Waals surface area contributed by atoms with E-state index < -0.39 is 5.41 Å². The molecule has 21 heavy (non-hydrogen) atoms. The number of aliphatic imine (C=N–C) groups is 1. The molecule has 114 valence electrons. The van der Waals surface area contributed by atoms with E-state index >= 15 is 0 Å². The summed E-state index contributed by atoms with van der Waals surface area (Å²) < 4.78 is 0. The highest BCUT2D eigenvalue weighted by atomic mass is 16.2. The third kappa shape index (κ3) is 3.94. The highest BCUT2D eigenvalue weighted by Gasteiger charge is 2.28. The molecule has 0 spiro atoms. The van der Waals surface area contributed by atoms with Crippen LogP contribution in [-0.4, -0.2) is 37.7 Å². The molecule has 0 atom stereocenters. The third-order valence-corrected chi connectivity index (χ3v) is 3.19. The summed E-state index contributed by atoms with van der Waals surface area (Å²) in [6.07, 6.45) is 0.857. The van der Waals surface area contributed by atoms with Gasteiger partial charge in [0.05, 0.1) is 17.5 Å². The second kappa shape index (κ2) is 6.57. The number of benzene rings is 1. The Morgan fingerprint density at radius 3 is 2.05 bits per heavy atom. The first-order valence-corrected chi connectivity index (χ1v) is 6.86. The van der Waals surface area contributed by atoms with E-state index in [0.717, 1.165) is 17.5 Å². The van der Waals surface area contributed by atoms with Gasteiger partial charge in [-0.15, -0.1) is 0 Å². The molecule has 0 radical (unpaired) electrons. The summed E-state index contributed by atoms with van der Waals surface area (Å²) in [5, 5.41) is 9.49. The van der Waals surface area contributed by atoms with Crippen molar-refractivity contribution in [3.8, 4) is 0 Å². The third-order valence-electron chi connectivity index (χ3n) is 3.19. The fraction of sp³-hybridized carbons (Fsp3) is 0.412. The highest BCUT2D eigenvalue weighted by molar-refractivity contribution is 6.29. The minimum atomic E-state index is -0.575.